The van der Waals surface area contributed by atoms with Crippen LogP contribution in [0.15, 0.2) is 24.3 Å². The zero-order valence-electron chi connectivity index (χ0n) is 14.4. The van der Waals surface area contributed by atoms with Crippen LogP contribution < -0.4 is 16.4 Å². The van der Waals surface area contributed by atoms with Crippen molar-refractivity contribution < 1.29 is 24.6 Å². The Morgan fingerprint density at radius 2 is 1.76 bits per heavy atom. The Morgan fingerprint density at radius 1 is 1.16 bits per heavy atom. The third kappa shape index (κ3) is 7.67. The number of benzene rings is 1. The van der Waals surface area contributed by atoms with E-state index in [0.717, 1.165) is 0 Å². The number of hydrogen-bond donors (Lipinski definition) is 5. The smallest absolute Gasteiger partial charge is 0.326 e. The maximum atomic E-state index is 11.9. The van der Waals surface area contributed by atoms with Crippen LogP contribution >= 0.6 is 0 Å². The molecule has 138 valence electrons. The molecule has 0 aliphatic carbocycles. The van der Waals surface area contributed by atoms with E-state index in [0.29, 0.717) is 12.0 Å². The van der Waals surface area contributed by atoms with Crippen molar-refractivity contribution in [2.24, 2.45) is 11.7 Å². The number of nitrogens with two attached hydrogens (primary N) is 1. The highest BCUT2D eigenvalue weighted by molar-refractivity contribution is 5.89. The third-order valence-corrected chi connectivity index (χ3v) is 3.49. The number of nitrogens with one attached hydrogen (secondary N) is 2. The van der Waals surface area contributed by atoms with Gasteiger partial charge in [0.2, 0.25) is 11.8 Å². The summed E-state index contributed by atoms with van der Waals surface area (Å²) in [6, 6.07) is 4.17. The molecule has 0 radical (unpaired) electrons. The summed E-state index contributed by atoms with van der Waals surface area (Å²) in [4.78, 5) is 35.0. The fourth-order valence-corrected chi connectivity index (χ4v) is 2.23. The van der Waals surface area contributed by atoms with Gasteiger partial charge in [0.05, 0.1) is 12.6 Å². The normalized spacial score (nSPS) is 13.1. The third-order valence-electron chi connectivity index (χ3n) is 3.49. The fourth-order valence-electron chi connectivity index (χ4n) is 2.23. The van der Waals surface area contributed by atoms with Crippen LogP contribution in [-0.2, 0) is 20.8 Å². The molecule has 0 aliphatic heterocycles. The SMILES string of the molecule is CC(C)CC(N)C(=O)NCC(=O)NC(Cc1ccc(O)cc1)C(=O)O. The van der Waals surface area contributed by atoms with Gasteiger partial charge in [0.25, 0.3) is 0 Å². The van der Waals surface area contributed by atoms with Crippen molar-refractivity contribution in [3.63, 3.8) is 0 Å². The first-order valence-electron chi connectivity index (χ1n) is 8.02. The van der Waals surface area contributed by atoms with Crippen LogP contribution in [0.2, 0.25) is 0 Å². The average molecular weight is 351 g/mol. The Balaban J connectivity index is 2.52. The summed E-state index contributed by atoms with van der Waals surface area (Å²) in [5, 5.41) is 23.2. The molecule has 25 heavy (non-hydrogen) atoms. The number of rotatable bonds is 9. The van der Waals surface area contributed by atoms with Gasteiger partial charge in [-0.25, -0.2) is 4.79 Å². The molecule has 0 saturated carbocycles. The summed E-state index contributed by atoms with van der Waals surface area (Å²) in [5.74, 6) is -1.94. The summed E-state index contributed by atoms with van der Waals surface area (Å²) in [6.07, 6.45) is 0.550. The number of phenolic OH excluding ortho intramolecular Hbond substituents is 1. The van der Waals surface area contributed by atoms with Crippen LogP contribution in [0.3, 0.4) is 0 Å². The average Bonchev–Trinajstić information content (AvgIpc) is 2.53. The lowest BCUT2D eigenvalue weighted by atomic mass is 10.0. The van der Waals surface area contributed by atoms with E-state index in [1.54, 1.807) is 12.1 Å². The van der Waals surface area contributed by atoms with E-state index in [1.165, 1.54) is 12.1 Å². The number of amides is 2. The second-order valence-corrected chi connectivity index (χ2v) is 6.28. The fraction of sp³-hybridized carbons (Fsp3) is 0.471. The highest BCUT2D eigenvalue weighted by Crippen LogP contribution is 2.11. The molecule has 0 aromatic heterocycles. The Labute approximate surface area is 146 Å². The van der Waals surface area contributed by atoms with E-state index in [-0.39, 0.29) is 24.6 Å². The molecule has 0 aliphatic rings. The molecule has 0 spiro atoms. The van der Waals surface area contributed by atoms with E-state index in [9.17, 15) is 24.6 Å². The number of aliphatic carboxylic acids is 1. The van der Waals surface area contributed by atoms with Crippen LogP contribution in [0.25, 0.3) is 0 Å². The summed E-state index contributed by atoms with van der Waals surface area (Å²) in [7, 11) is 0. The second-order valence-electron chi connectivity index (χ2n) is 6.28. The predicted octanol–water partition coefficient (Wildman–Crippen LogP) is -0.00630. The lowest BCUT2D eigenvalue weighted by molar-refractivity contribution is -0.141. The van der Waals surface area contributed by atoms with Gasteiger partial charge in [-0.05, 0) is 30.0 Å². The number of carbonyl (C=O) groups is 3. The van der Waals surface area contributed by atoms with Crippen molar-refractivity contribution in [2.45, 2.75) is 38.8 Å². The standard InChI is InChI=1S/C17H25N3O5/c1-10(2)7-13(18)16(23)19-9-15(22)20-14(17(24)25)8-11-3-5-12(21)6-4-11/h3-6,10,13-14,21H,7-9,18H2,1-2H3,(H,19,23)(H,20,22)(H,24,25). The van der Waals surface area contributed by atoms with Crippen LogP contribution in [0, 0.1) is 5.92 Å². The van der Waals surface area contributed by atoms with Crippen LogP contribution in [-0.4, -0.2) is 46.6 Å². The monoisotopic (exact) mass is 351 g/mol. The minimum Gasteiger partial charge on any atom is -0.508 e. The maximum Gasteiger partial charge on any atom is 0.326 e. The van der Waals surface area contributed by atoms with E-state index in [2.05, 4.69) is 10.6 Å². The molecule has 2 unspecified atom stereocenters. The van der Waals surface area contributed by atoms with Gasteiger partial charge in [-0.1, -0.05) is 26.0 Å². The van der Waals surface area contributed by atoms with Crippen molar-refractivity contribution in [1.82, 2.24) is 10.6 Å². The highest BCUT2D eigenvalue weighted by atomic mass is 16.4. The van der Waals surface area contributed by atoms with E-state index >= 15 is 0 Å². The van der Waals surface area contributed by atoms with Crippen molar-refractivity contribution in [1.29, 1.82) is 0 Å². The molecule has 1 rings (SSSR count). The minimum absolute atomic E-state index is 0.0577. The van der Waals surface area contributed by atoms with Gasteiger partial charge < -0.3 is 26.6 Å². The number of carbonyl (C=O) groups excluding carboxylic acids is 2. The van der Waals surface area contributed by atoms with E-state index < -0.39 is 29.9 Å². The van der Waals surface area contributed by atoms with Crippen molar-refractivity contribution in [2.75, 3.05) is 6.54 Å². The van der Waals surface area contributed by atoms with E-state index in [1.807, 2.05) is 13.8 Å². The van der Waals surface area contributed by atoms with Gasteiger partial charge in [-0.3, -0.25) is 9.59 Å². The molecule has 6 N–H and O–H groups in total. The van der Waals surface area contributed by atoms with Crippen molar-refractivity contribution in [3.05, 3.63) is 29.8 Å². The number of carboxylic acids is 1. The van der Waals surface area contributed by atoms with Gasteiger partial charge in [-0.15, -0.1) is 0 Å². The Bertz CT molecular complexity index is 601. The van der Waals surface area contributed by atoms with Gasteiger partial charge >= 0.3 is 5.97 Å². The zero-order valence-corrected chi connectivity index (χ0v) is 14.4. The molecule has 8 nitrogen and oxygen atoms in total. The summed E-state index contributed by atoms with van der Waals surface area (Å²) >= 11 is 0. The minimum atomic E-state index is -1.19. The van der Waals surface area contributed by atoms with Gasteiger partial charge in [-0.2, -0.15) is 0 Å². The lowest BCUT2D eigenvalue weighted by Crippen LogP contribution is -2.49. The number of carboxylic acid groups (broad SMARTS) is 1. The summed E-state index contributed by atoms with van der Waals surface area (Å²) < 4.78 is 0. The molecule has 2 atom stereocenters. The molecule has 0 saturated heterocycles. The largest absolute Gasteiger partial charge is 0.508 e. The lowest BCUT2D eigenvalue weighted by Gasteiger charge is -2.17. The maximum absolute atomic E-state index is 11.9. The zero-order chi connectivity index (χ0) is 19.0. The number of aromatic hydroxyl groups is 1. The topological polar surface area (TPSA) is 142 Å². The molecule has 0 fully saturated rings. The van der Waals surface area contributed by atoms with Gasteiger partial charge in [0.15, 0.2) is 0 Å². The Kier molecular flexibility index (Phi) is 7.87. The van der Waals surface area contributed by atoms with Gasteiger partial charge in [0.1, 0.15) is 11.8 Å². The van der Waals surface area contributed by atoms with Gasteiger partial charge in [0, 0.05) is 6.42 Å². The molecule has 1 aromatic rings. The summed E-state index contributed by atoms with van der Waals surface area (Å²) in [6.45, 7) is 3.52. The Morgan fingerprint density at radius 3 is 2.28 bits per heavy atom. The number of hydrogen-bond acceptors (Lipinski definition) is 5. The van der Waals surface area contributed by atoms with E-state index in [4.69, 9.17) is 5.73 Å². The Hall–Kier alpha value is -2.61. The first-order valence-corrected chi connectivity index (χ1v) is 8.02. The van der Waals surface area contributed by atoms with Crippen LogP contribution in [0.4, 0.5) is 0 Å². The predicted molar refractivity (Wildman–Crippen MR) is 91.8 cm³/mol. The number of phenols is 1. The molecule has 0 heterocycles. The molecule has 0 bridgehead atoms. The molecule has 8 heteroatoms. The van der Waals surface area contributed by atoms with Crippen molar-refractivity contribution in [3.8, 4) is 5.75 Å². The highest BCUT2D eigenvalue weighted by Gasteiger charge is 2.21. The second kappa shape index (κ2) is 9.63. The summed E-state index contributed by atoms with van der Waals surface area (Å²) in [5.41, 5.74) is 6.36. The molecule has 2 amide bonds. The molecular formula is C17H25N3O5. The van der Waals surface area contributed by atoms with Crippen molar-refractivity contribution >= 4 is 17.8 Å². The molecular weight excluding hydrogens is 326 g/mol. The van der Waals surface area contributed by atoms with Crippen LogP contribution in [0.5, 0.6) is 5.75 Å². The molecule has 1 aromatic carbocycles. The van der Waals surface area contributed by atoms with Crippen LogP contribution in [0.1, 0.15) is 25.8 Å². The first-order chi connectivity index (χ1) is 11.7. The quantitative estimate of drug-likeness (QED) is 0.424. The first kappa shape index (κ1) is 20.4.